The molecule has 1 aliphatic rings. The summed E-state index contributed by atoms with van der Waals surface area (Å²) in [5.74, 6) is 1.61. The molecule has 2 rings (SSSR count). The maximum Gasteiger partial charge on any atom is 0.209 e. The predicted octanol–water partition coefficient (Wildman–Crippen LogP) is 3.29. The van der Waals surface area contributed by atoms with Crippen LogP contribution in [0, 0.1) is 6.92 Å². The summed E-state index contributed by atoms with van der Waals surface area (Å²) >= 11 is 3.88. The quantitative estimate of drug-likeness (QED) is 0.620. The highest BCUT2D eigenvalue weighted by molar-refractivity contribution is 8.01. The molecule has 1 unspecified atom stereocenters. The molecule has 0 aromatic carbocycles. The summed E-state index contributed by atoms with van der Waals surface area (Å²) in [5.41, 5.74) is 2.97. The van der Waals surface area contributed by atoms with Gasteiger partial charge < -0.3 is 4.90 Å². The van der Waals surface area contributed by atoms with E-state index in [-0.39, 0.29) is 0 Å². The van der Waals surface area contributed by atoms with Crippen LogP contribution in [0.2, 0.25) is 0 Å². The third kappa shape index (κ3) is 2.52. The zero-order chi connectivity index (χ0) is 12.4. The zero-order valence-electron chi connectivity index (χ0n) is 10.7. The van der Waals surface area contributed by atoms with Crippen LogP contribution in [0.25, 0.3) is 0 Å². The van der Waals surface area contributed by atoms with Crippen LogP contribution in [0.5, 0.6) is 0 Å². The summed E-state index contributed by atoms with van der Waals surface area (Å²) < 4.78 is 1.48. The number of hydrogen-bond donors (Lipinski definition) is 0. The molecule has 1 aromatic rings. The number of fused-ring (bicyclic) bond motifs is 1. The molecular formula is C13H19NOS2. The topological polar surface area (TPSA) is 20.3 Å². The summed E-state index contributed by atoms with van der Waals surface area (Å²) in [7, 11) is 0. The fourth-order valence-electron chi connectivity index (χ4n) is 2.54. The number of amides is 1. The van der Waals surface area contributed by atoms with Crippen LogP contribution < -0.4 is 0 Å². The summed E-state index contributed by atoms with van der Waals surface area (Å²) in [6, 6.07) is 0. The van der Waals surface area contributed by atoms with Crippen molar-refractivity contribution in [3.63, 3.8) is 0 Å². The molecule has 4 heteroatoms. The summed E-state index contributed by atoms with van der Waals surface area (Å²) in [4.78, 5) is 14.3. The van der Waals surface area contributed by atoms with Gasteiger partial charge in [0.1, 0.15) is 0 Å². The minimum atomic E-state index is 0.472. The lowest BCUT2D eigenvalue weighted by Crippen LogP contribution is -2.26. The molecule has 0 radical (unpaired) electrons. The van der Waals surface area contributed by atoms with Crippen LogP contribution in [-0.2, 0) is 11.2 Å². The molecule has 0 saturated carbocycles. The second-order valence-electron chi connectivity index (χ2n) is 4.54. The highest BCUT2D eigenvalue weighted by atomic mass is 32.2. The summed E-state index contributed by atoms with van der Waals surface area (Å²) in [5, 5.41) is 0. The second-order valence-corrected chi connectivity index (χ2v) is 7.17. The molecule has 1 aromatic heterocycles. The van der Waals surface area contributed by atoms with Crippen LogP contribution in [0.1, 0.15) is 35.8 Å². The first-order valence-electron chi connectivity index (χ1n) is 6.11. The Morgan fingerprint density at radius 1 is 1.59 bits per heavy atom. The van der Waals surface area contributed by atoms with Gasteiger partial charge in [0.15, 0.2) is 0 Å². The van der Waals surface area contributed by atoms with Crippen molar-refractivity contribution in [1.82, 2.24) is 4.90 Å². The van der Waals surface area contributed by atoms with Gasteiger partial charge in [-0.05, 0) is 30.2 Å². The lowest BCUT2D eigenvalue weighted by molar-refractivity contribution is -0.118. The van der Waals surface area contributed by atoms with Gasteiger partial charge in [-0.1, -0.05) is 13.8 Å². The third-order valence-electron chi connectivity index (χ3n) is 3.28. The Morgan fingerprint density at radius 2 is 2.35 bits per heavy atom. The molecule has 17 heavy (non-hydrogen) atoms. The van der Waals surface area contributed by atoms with E-state index in [1.807, 2.05) is 28.0 Å². The third-order valence-corrected chi connectivity index (χ3v) is 5.90. The lowest BCUT2D eigenvalue weighted by atomic mass is 9.98. The van der Waals surface area contributed by atoms with Crippen LogP contribution in [0.3, 0.4) is 0 Å². The van der Waals surface area contributed by atoms with Gasteiger partial charge in [-0.3, -0.25) is 4.79 Å². The fraction of sp³-hybridized carbons (Fsp3) is 0.615. The monoisotopic (exact) mass is 269 g/mol. The largest absolute Gasteiger partial charge is 0.344 e. The first-order chi connectivity index (χ1) is 8.17. The molecule has 1 atom stereocenters. The van der Waals surface area contributed by atoms with Crippen molar-refractivity contribution in [2.24, 2.45) is 0 Å². The number of carbonyl (C=O) groups excluding carboxylic acids is 1. The molecule has 0 spiro atoms. The Morgan fingerprint density at radius 3 is 3.00 bits per heavy atom. The zero-order valence-corrected chi connectivity index (χ0v) is 12.3. The molecule has 0 fully saturated rings. The van der Waals surface area contributed by atoms with Crippen molar-refractivity contribution in [3.05, 3.63) is 16.0 Å². The predicted molar refractivity (Wildman–Crippen MR) is 75.2 cm³/mol. The summed E-state index contributed by atoms with van der Waals surface area (Å²) in [6.45, 7) is 8.41. The van der Waals surface area contributed by atoms with E-state index in [1.165, 1.54) is 20.2 Å². The van der Waals surface area contributed by atoms with Gasteiger partial charge in [0, 0.05) is 23.9 Å². The van der Waals surface area contributed by atoms with Gasteiger partial charge in [0.05, 0.1) is 4.21 Å². The molecule has 2 heterocycles. The van der Waals surface area contributed by atoms with E-state index in [0.29, 0.717) is 5.92 Å². The van der Waals surface area contributed by atoms with Gasteiger partial charge in [-0.25, -0.2) is 0 Å². The molecular weight excluding hydrogens is 250 g/mol. The Balaban J connectivity index is 2.32. The highest BCUT2D eigenvalue weighted by Gasteiger charge is 2.24. The highest BCUT2D eigenvalue weighted by Crippen LogP contribution is 2.40. The Hall–Kier alpha value is -0.480. The lowest BCUT2D eigenvalue weighted by Gasteiger charge is -2.18. The molecule has 2 nitrogen and oxygen atoms in total. The molecule has 94 valence electrons. The van der Waals surface area contributed by atoms with Crippen LogP contribution in [-0.4, -0.2) is 30.2 Å². The van der Waals surface area contributed by atoms with E-state index in [1.54, 1.807) is 0 Å². The van der Waals surface area contributed by atoms with Crippen LogP contribution in [0.4, 0.5) is 0 Å². The van der Waals surface area contributed by atoms with E-state index < -0.39 is 0 Å². The van der Waals surface area contributed by atoms with Crippen molar-refractivity contribution < 1.29 is 4.79 Å². The van der Waals surface area contributed by atoms with Crippen LogP contribution >= 0.6 is 23.1 Å². The molecule has 0 aliphatic carbocycles. The number of thiophene rings is 1. The van der Waals surface area contributed by atoms with Crippen molar-refractivity contribution in [2.75, 3.05) is 18.8 Å². The van der Waals surface area contributed by atoms with Gasteiger partial charge >= 0.3 is 0 Å². The second kappa shape index (κ2) is 5.44. The molecule has 1 aliphatic heterocycles. The average Bonchev–Trinajstić information content (AvgIpc) is 2.53. The normalized spacial score (nSPS) is 19.9. The van der Waals surface area contributed by atoms with Crippen LogP contribution in [0.15, 0.2) is 4.21 Å². The molecule has 1 amide bonds. The SMILES string of the molecule is CCSc1sc2c(c1C)C(C)CN(C=O)CC2. The first-order valence-corrected chi connectivity index (χ1v) is 7.91. The minimum Gasteiger partial charge on any atom is -0.344 e. The average molecular weight is 269 g/mol. The van der Waals surface area contributed by atoms with Crippen molar-refractivity contribution in [1.29, 1.82) is 0 Å². The maximum atomic E-state index is 10.9. The van der Waals surface area contributed by atoms with Crippen molar-refractivity contribution in [2.45, 2.75) is 37.3 Å². The van der Waals surface area contributed by atoms with E-state index in [0.717, 1.165) is 31.7 Å². The minimum absolute atomic E-state index is 0.472. The van der Waals surface area contributed by atoms with Gasteiger partial charge in [-0.2, -0.15) is 0 Å². The smallest absolute Gasteiger partial charge is 0.209 e. The molecule has 0 saturated heterocycles. The molecule has 0 bridgehead atoms. The standard InChI is InChI=1S/C13H19NOS2/c1-4-16-13-10(3)12-9(2)7-14(8-15)6-5-11(12)17-13/h8-9H,4-7H2,1-3H3. The van der Waals surface area contributed by atoms with Crippen molar-refractivity contribution in [3.8, 4) is 0 Å². The molecule has 0 N–H and O–H groups in total. The number of thioether (sulfide) groups is 1. The van der Waals surface area contributed by atoms with E-state index in [4.69, 9.17) is 0 Å². The van der Waals surface area contributed by atoms with Gasteiger partial charge in [0.2, 0.25) is 6.41 Å². The Bertz CT molecular complexity index is 414. The fourth-order valence-corrected chi connectivity index (χ4v) is 5.16. The van der Waals surface area contributed by atoms with Gasteiger partial charge in [-0.15, -0.1) is 23.1 Å². The number of hydrogen-bond acceptors (Lipinski definition) is 3. The Labute approximate surface area is 111 Å². The van der Waals surface area contributed by atoms with E-state index in [9.17, 15) is 4.79 Å². The summed E-state index contributed by atoms with van der Waals surface area (Å²) in [6.07, 6.45) is 2.01. The number of carbonyl (C=O) groups is 1. The Kier molecular flexibility index (Phi) is 4.15. The van der Waals surface area contributed by atoms with E-state index >= 15 is 0 Å². The number of rotatable bonds is 3. The van der Waals surface area contributed by atoms with Crippen molar-refractivity contribution >= 4 is 29.5 Å². The van der Waals surface area contributed by atoms with Gasteiger partial charge in [0.25, 0.3) is 0 Å². The van der Waals surface area contributed by atoms with E-state index in [2.05, 4.69) is 20.8 Å². The number of nitrogens with zero attached hydrogens (tertiary/aromatic N) is 1. The first kappa shape index (κ1) is 13.0. The maximum absolute atomic E-state index is 10.9.